The normalized spacial score (nSPS) is 16.6. The predicted octanol–water partition coefficient (Wildman–Crippen LogP) is 2.46. The summed E-state index contributed by atoms with van der Waals surface area (Å²) in [4.78, 5) is 2.16. The summed E-state index contributed by atoms with van der Waals surface area (Å²) in [6, 6.07) is 7.33. The molecule has 0 aliphatic heterocycles. The van der Waals surface area contributed by atoms with Crippen LogP contribution in [0.1, 0.15) is 19.4 Å². The molecule has 0 saturated heterocycles. The minimum absolute atomic E-state index is 0.149. The first-order chi connectivity index (χ1) is 8.41. The van der Waals surface area contributed by atoms with Gasteiger partial charge < -0.3 is 0 Å². The lowest BCUT2D eigenvalue weighted by Gasteiger charge is -2.30. The van der Waals surface area contributed by atoms with Gasteiger partial charge in [-0.1, -0.05) is 18.2 Å². The summed E-state index contributed by atoms with van der Waals surface area (Å²) in [6.07, 6.45) is 2.38. The lowest BCUT2D eigenvalue weighted by atomic mass is 10.0. The Labute approximate surface area is 112 Å². The Bertz CT molecular complexity index is 411. The summed E-state index contributed by atoms with van der Waals surface area (Å²) in [5.74, 6) is 0.502. The molecular weight excluding hydrogens is 249 g/mol. The minimum atomic E-state index is -0.799. The van der Waals surface area contributed by atoms with E-state index in [0.29, 0.717) is 12.2 Å². The monoisotopic (exact) mass is 271 g/mol. The molecule has 0 saturated carbocycles. The third-order valence-corrected chi connectivity index (χ3v) is 4.29. The molecular formula is C14H22FNOS. The van der Waals surface area contributed by atoms with Gasteiger partial charge in [0.1, 0.15) is 5.82 Å². The second-order valence-corrected chi connectivity index (χ2v) is 6.38. The molecule has 4 heteroatoms. The van der Waals surface area contributed by atoms with Crippen molar-refractivity contribution in [3.8, 4) is 0 Å². The molecule has 0 amide bonds. The zero-order valence-corrected chi connectivity index (χ0v) is 12.3. The summed E-state index contributed by atoms with van der Waals surface area (Å²) in [7, 11) is 1.20. The molecule has 18 heavy (non-hydrogen) atoms. The molecule has 0 heterocycles. The number of rotatable bonds is 6. The molecule has 0 aromatic heterocycles. The van der Waals surface area contributed by atoms with E-state index in [1.54, 1.807) is 12.3 Å². The highest BCUT2D eigenvalue weighted by molar-refractivity contribution is 7.84. The van der Waals surface area contributed by atoms with Crippen molar-refractivity contribution >= 4 is 10.8 Å². The highest BCUT2D eigenvalue weighted by atomic mass is 32.2. The van der Waals surface area contributed by atoms with Crippen molar-refractivity contribution in [2.24, 2.45) is 0 Å². The molecule has 1 aromatic rings. The first-order valence-corrected chi connectivity index (χ1v) is 7.90. The lowest BCUT2D eigenvalue weighted by molar-refractivity contribution is 0.208. The molecule has 0 N–H and O–H groups in total. The van der Waals surface area contributed by atoms with Crippen LogP contribution in [-0.4, -0.2) is 40.2 Å². The van der Waals surface area contributed by atoms with Crippen LogP contribution in [0.15, 0.2) is 24.3 Å². The molecule has 0 bridgehead atoms. The Hall–Kier alpha value is -0.740. The van der Waals surface area contributed by atoms with Crippen LogP contribution in [0, 0.1) is 5.82 Å². The van der Waals surface area contributed by atoms with Gasteiger partial charge in [-0.2, -0.15) is 0 Å². The first kappa shape index (κ1) is 15.3. The van der Waals surface area contributed by atoms with Crippen molar-refractivity contribution in [2.45, 2.75) is 32.4 Å². The number of halogens is 1. The third-order valence-electron chi connectivity index (χ3n) is 3.34. The van der Waals surface area contributed by atoms with Gasteiger partial charge in [-0.25, -0.2) is 4.39 Å². The number of likely N-dealkylation sites (N-methyl/N-ethyl adjacent to an activating group) is 1. The molecule has 3 atom stereocenters. The Kier molecular flexibility index (Phi) is 5.96. The Morgan fingerprint density at radius 2 is 1.89 bits per heavy atom. The number of hydrogen-bond acceptors (Lipinski definition) is 2. The van der Waals surface area contributed by atoms with E-state index >= 15 is 0 Å². The van der Waals surface area contributed by atoms with E-state index in [1.807, 2.05) is 19.2 Å². The van der Waals surface area contributed by atoms with E-state index < -0.39 is 10.8 Å². The van der Waals surface area contributed by atoms with E-state index in [2.05, 4.69) is 18.7 Å². The van der Waals surface area contributed by atoms with E-state index in [0.717, 1.165) is 5.56 Å². The van der Waals surface area contributed by atoms with Crippen LogP contribution in [-0.2, 0) is 17.2 Å². The zero-order valence-electron chi connectivity index (χ0n) is 11.5. The molecule has 0 aliphatic rings. The topological polar surface area (TPSA) is 20.3 Å². The van der Waals surface area contributed by atoms with Crippen molar-refractivity contribution in [1.82, 2.24) is 4.90 Å². The summed E-state index contributed by atoms with van der Waals surface area (Å²) >= 11 is 0. The fourth-order valence-corrected chi connectivity index (χ4v) is 2.93. The van der Waals surface area contributed by atoms with Gasteiger partial charge in [-0.05, 0) is 38.9 Å². The van der Waals surface area contributed by atoms with E-state index in [1.165, 1.54) is 6.07 Å². The van der Waals surface area contributed by atoms with Crippen LogP contribution in [0.5, 0.6) is 0 Å². The average Bonchev–Trinajstić information content (AvgIpc) is 2.30. The molecule has 2 nitrogen and oxygen atoms in total. The highest BCUT2D eigenvalue weighted by Gasteiger charge is 2.18. The summed E-state index contributed by atoms with van der Waals surface area (Å²) in [6.45, 7) is 4.13. The van der Waals surface area contributed by atoms with Crippen LogP contribution < -0.4 is 0 Å². The molecule has 0 radical (unpaired) electrons. The van der Waals surface area contributed by atoms with Crippen molar-refractivity contribution < 1.29 is 8.60 Å². The number of hydrogen-bond donors (Lipinski definition) is 0. The van der Waals surface area contributed by atoms with Crippen LogP contribution in [0.4, 0.5) is 4.39 Å². The molecule has 0 unspecified atom stereocenters. The predicted molar refractivity (Wildman–Crippen MR) is 75.7 cm³/mol. The van der Waals surface area contributed by atoms with Gasteiger partial charge in [0, 0.05) is 34.9 Å². The Morgan fingerprint density at radius 3 is 2.44 bits per heavy atom. The fourth-order valence-electron chi connectivity index (χ4n) is 2.02. The molecule has 0 aliphatic carbocycles. The molecule has 0 spiro atoms. The van der Waals surface area contributed by atoms with Crippen LogP contribution in [0.3, 0.4) is 0 Å². The van der Waals surface area contributed by atoms with Gasteiger partial charge in [0.25, 0.3) is 0 Å². The van der Waals surface area contributed by atoms with Gasteiger partial charge in [0.15, 0.2) is 0 Å². The van der Waals surface area contributed by atoms with Crippen LogP contribution >= 0.6 is 0 Å². The fraction of sp³-hybridized carbons (Fsp3) is 0.571. The van der Waals surface area contributed by atoms with Crippen molar-refractivity contribution in [2.75, 3.05) is 19.1 Å². The molecule has 0 fully saturated rings. The number of benzene rings is 1. The Balaban J connectivity index is 2.62. The maximum absolute atomic E-state index is 13.6. The SMILES string of the molecule is C[C@H](Cc1ccccc1F)N(C)[C@@H](C)C[S@](C)=O. The van der Waals surface area contributed by atoms with E-state index in [-0.39, 0.29) is 17.9 Å². The third kappa shape index (κ3) is 4.50. The highest BCUT2D eigenvalue weighted by Crippen LogP contribution is 2.13. The maximum atomic E-state index is 13.6. The second kappa shape index (κ2) is 7.00. The van der Waals surface area contributed by atoms with Crippen LogP contribution in [0.25, 0.3) is 0 Å². The molecule has 1 aromatic carbocycles. The van der Waals surface area contributed by atoms with Crippen molar-refractivity contribution in [1.29, 1.82) is 0 Å². The number of nitrogens with zero attached hydrogens (tertiary/aromatic N) is 1. The van der Waals surface area contributed by atoms with Gasteiger partial charge >= 0.3 is 0 Å². The zero-order chi connectivity index (χ0) is 13.7. The van der Waals surface area contributed by atoms with E-state index in [4.69, 9.17) is 0 Å². The largest absolute Gasteiger partial charge is 0.300 e. The maximum Gasteiger partial charge on any atom is 0.126 e. The summed E-state index contributed by atoms with van der Waals surface area (Å²) in [5, 5.41) is 0. The quantitative estimate of drug-likeness (QED) is 0.792. The summed E-state index contributed by atoms with van der Waals surface area (Å²) in [5.41, 5.74) is 0.738. The molecule has 1 rings (SSSR count). The standard InChI is InChI=1S/C14H22FNOS/c1-11(16(3)12(2)10-18(4)17)9-13-7-5-6-8-14(13)15/h5-8,11-12H,9-10H2,1-4H3/t11-,12+,18+/m1/s1. The minimum Gasteiger partial charge on any atom is -0.300 e. The van der Waals surface area contributed by atoms with Gasteiger partial charge in [0.05, 0.1) is 0 Å². The van der Waals surface area contributed by atoms with E-state index in [9.17, 15) is 8.60 Å². The second-order valence-electron chi connectivity index (χ2n) is 4.90. The van der Waals surface area contributed by atoms with Crippen LogP contribution in [0.2, 0.25) is 0 Å². The van der Waals surface area contributed by atoms with Gasteiger partial charge in [-0.15, -0.1) is 0 Å². The first-order valence-electron chi connectivity index (χ1n) is 6.17. The summed E-state index contributed by atoms with van der Waals surface area (Å²) < 4.78 is 24.8. The van der Waals surface area contributed by atoms with Gasteiger partial charge in [0.2, 0.25) is 0 Å². The average molecular weight is 271 g/mol. The van der Waals surface area contributed by atoms with Gasteiger partial charge in [-0.3, -0.25) is 9.11 Å². The van der Waals surface area contributed by atoms with Crippen molar-refractivity contribution in [3.63, 3.8) is 0 Å². The van der Waals surface area contributed by atoms with Crippen molar-refractivity contribution in [3.05, 3.63) is 35.6 Å². The Morgan fingerprint density at radius 1 is 1.28 bits per heavy atom. The lowest BCUT2D eigenvalue weighted by Crippen LogP contribution is -2.41. The molecule has 102 valence electrons. The smallest absolute Gasteiger partial charge is 0.126 e.